The molecule has 0 radical (unpaired) electrons. The van der Waals surface area contributed by atoms with Crippen LogP contribution in [0.15, 0.2) is 12.4 Å². The van der Waals surface area contributed by atoms with Crippen LogP contribution < -0.4 is 16.8 Å². The van der Waals surface area contributed by atoms with Gasteiger partial charge in [-0.15, -0.1) is 11.3 Å². The number of aromatic nitrogens is 4. The number of nitrogen functional groups attached to an aromatic ring is 2. The Kier molecular flexibility index (Phi) is 6.65. The molecule has 3 aromatic rings. The molecule has 0 spiro atoms. The lowest BCUT2D eigenvalue weighted by molar-refractivity contribution is -0.140. The Morgan fingerprint density at radius 3 is 2.68 bits per heavy atom. The van der Waals surface area contributed by atoms with Crippen molar-refractivity contribution in [2.75, 3.05) is 11.5 Å². The van der Waals surface area contributed by atoms with Crippen molar-refractivity contribution < 1.29 is 24.6 Å². The van der Waals surface area contributed by atoms with Crippen molar-refractivity contribution in [1.82, 2.24) is 25.3 Å². The van der Waals surface area contributed by atoms with Gasteiger partial charge in [-0.3, -0.25) is 9.59 Å². The summed E-state index contributed by atoms with van der Waals surface area (Å²) in [5.41, 5.74) is 13.1. The third-order valence-corrected chi connectivity index (χ3v) is 5.58. The van der Waals surface area contributed by atoms with Gasteiger partial charge in [0.15, 0.2) is 5.01 Å². The summed E-state index contributed by atoms with van der Waals surface area (Å²) < 4.78 is 0. The Morgan fingerprint density at radius 1 is 1.19 bits per heavy atom. The van der Waals surface area contributed by atoms with E-state index in [-0.39, 0.29) is 23.8 Å². The number of aliphatic carboxylic acids is 2. The van der Waals surface area contributed by atoms with Crippen LogP contribution in [-0.2, 0) is 22.4 Å². The summed E-state index contributed by atoms with van der Waals surface area (Å²) >= 11 is 1.16. The maximum Gasteiger partial charge on any atom is 0.326 e. The van der Waals surface area contributed by atoms with Gasteiger partial charge < -0.3 is 32.0 Å². The lowest BCUT2D eigenvalue weighted by Crippen LogP contribution is -2.41. The number of carboxylic acid groups (broad SMARTS) is 2. The molecule has 31 heavy (non-hydrogen) atoms. The molecule has 0 unspecified atom stereocenters. The fraction of sp³-hybridized carbons (Fsp3) is 0.333. The number of aryl methyl sites for hydroxylation is 2. The molecular weight excluding hydrogens is 426 g/mol. The molecular formula is C18H21N7O5S. The van der Waals surface area contributed by atoms with Crippen molar-refractivity contribution in [3.63, 3.8) is 0 Å². The molecule has 13 heteroatoms. The second-order valence-electron chi connectivity index (χ2n) is 6.79. The summed E-state index contributed by atoms with van der Waals surface area (Å²) in [7, 11) is 0. The van der Waals surface area contributed by atoms with E-state index in [0.29, 0.717) is 24.3 Å². The molecule has 0 aliphatic rings. The number of nitrogens with one attached hydrogen (secondary N) is 2. The van der Waals surface area contributed by atoms with Gasteiger partial charge in [0, 0.05) is 23.7 Å². The number of carbonyl (C=O) groups is 3. The van der Waals surface area contributed by atoms with E-state index in [9.17, 15) is 14.4 Å². The molecule has 3 aromatic heterocycles. The number of thiazole rings is 1. The van der Waals surface area contributed by atoms with Gasteiger partial charge in [0.1, 0.15) is 17.5 Å². The first kappa shape index (κ1) is 22.0. The van der Waals surface area contributed by atoms with Crippen LogP contribution in [0.25, 0.3) is 11.0 Å². The van der Waals surface area contributed by atoms with Crippen molar-refractivity contribution in [3.8, 4) is 0 Å². The molecule has 0 aliphatic heterocycles. The maximum atomic E-state index is 12.3. The number of aromatic amines is 1. The molecule has 12 nitrogen and oxygen atoms in total. The van der Waals surface area contributed by atoms with Gasteiger partial charge in [-0.05, 0) is 31.2 Å². The molecule has 3 rings (SSSR count). The van der Waals surface area contributed by atoms with E-state index in [1.807, 2.05) is 6.20 Å². The molecule has 0 saturated carbocycles. The zero-order valence-electron chi connectivity index (χ0n) is 16.3. The smallest absolute Gasteiger partial charge is 0.326 e. The summed E-state index contributed by atoms with van der Waals surface area (Å²) in [5, 5.41) is 21.0. The monoisotopic (exact) mass is 447 g/mol. The number of amides is 1. The Balaban J connectivity index is 1.57. The summed E-state index contributed by atoms with van der Waals surface area (Å²) in [5.74, 6) is -2.67. The van der Waals surface area contributed by atoms with Crippen LogP contribution in [0.4, 0.5) is 11.8 Å². The summed E-state index contributed by atoms with van der Waals surface area (Å²) in [6.07, 6.45) is 4.89. The fourth-order valence-corrected chi connectivity index (χ4v) is 3.93. The minimum atomic E-state index is -1.30. The molecule has 0 bridgehead atoms. The number of nitrogens with zero attached hydrogens (tertiary/aromatic N) is 3. The SMILES string of the molecule is Nc1nc(N)c2c(CCCc3cnc(C(=O)N[C@@H](CCC(=O)O)C(=O)O)s3)c[nH]c2n1. The van der Waals surface area contributed by atoms with Gasteiger partial charge in [-0.2, -0.15) is 9.97 Å². The molecule has 0 saturated heterocycles. The van der Waals surface area contributed by atoms with Crippen LogP contribution in [-0.4, -0.2) is 54.0 Å². The Bertz CT molecular complexity index is 1130. The van der Waals surface area contributed by atoms with Crippen molar-refractivity contribution in [2.45, 2.75) is 38.1 Å². The zero-order chi connectivity index (χ0) is 22.5. The normalized spacial score (nSPS) is 12.0. The number of carbonyl (C=O) groups excluding carboxylic acids is 1. The number of nitrogens with two attached hydrogens (primary N) is 2. The van der Waals surface area contributed by atoms with Gasteiger partial charge in [0.25, 0.3) is 5.91 Å². The number of rotatable bonds is 10. The van der Waals surface area contributed by atoms with Gasteiger partial charge >= 0.3 is 11.9 Å². The van der Waals surface area contributed by atoms with Crippen LogP contribution in [0, 0.1) is 0 Å². The summed E-state index contributed by atoms with van der Waals surface area (Å²) in [6, 6.07) is -1.29. The first-order chi connectivity index (χ1) is 14.7. The quantitative estimate of drug-likeness (QED) is 0.257. The Morgan fingerprint density at radius 2 is 1.97 bits per heavy atom. The van der Waals surface area contributed by atoms with E-state index in [4.69, 9.17) is 21.7 Å². The highest BCUT2D eigenvalue weighted by molar-refractivity contribution is 7.13. The van der Waals surface area contributed by atoms with E-state index in [2.05, 4.69) is 25.3 Å². The first-order valence-corrected chi connectivity index (χ1v) is 10.2. The van der Waals surface area contributed by atoms with Crippen molar-refractivity contribution in [2.24, 2.45) is 0 Å². The summed E-state index contributed by atoms with van der Waals surface area (Å²) in [6.45, 7) is 0. The number of hydrogen-bond acceptors (Lipinski definition) is 9. The van der Waals surface area contributed by atoms with Crippen molar-refractivity contribution in [3.05, 3.63) is 27.8 Å². The van der Waals surface area contributed by atoms with Gasteiger partial charge in [0.05, 0.1) is 5.39 Å². The van der Waals surface area contributed by atoms with Crippen LogP contribution in [0.3, 0.4) is 0 Å². The topological polar surface area (TPSA) is 210 Å². The van der Waals surface area contributed by atoms with Crippen molar-refractivity contribution >= 4 is 52.0 Å². The third-order valence-electron chi connectivity index (χ3n) is 4.53. The average molecular weight is 447 g/mol. The second-order valence-corrected chi connectivity index (χ2v) is 7.90. The first-order valence-electron chi connectivity index (χ1n) is 9.33. The number of hydrogen-bond donors (Lipinski definition) is 6. The van der Waals surface area contributed by atoms with Crippen LogP contribution in [0.5, 0.6) is 0 Å². The molecule has 1 amide bonds. The van der Waals surface area contributed by atoms with Gasteiger partial charge in [-0.25, -0.2) is 9.78 Å². The molecule has 1 atom stereocenters. The highest BCUT2D eigenvalue weighted by atomic mass is 32.1. The Labute approximate surface area is 179 Å². The molecule has 0 aliphatic carbocycles. The van der Waals surface area contributed by atoms with Gasteiger partial charge in [0.2, 0.25) is 5.95 Å². The summed E-state index contributed by atoms with van der Waals surface area (Å²) in [4.78, 5) is 50.2. The number of carboxylic acids is 2. The average Bonchev–Trinajstić information content (AvgIpc) is 3.32. The minimum absolute atomic E-state index is 0.0990. The standard InChI is InChI=1S/C18H21N7O5S/c19-13-12-8(6-21-14(12)25-18(20)24-13)2-1-3-9-7-22-16(31-9)15(28)23-10(17(29)30)4-5-11(26)27/h6-7,10H,1-5H2,(H,23,28)(H,26,27)(H,29,30)(H5,19,20,21,24,25)/t10-/m0/s1. The fourth-order valence-electron chi connectivity index (χ4n) is 3.07. The Hall–Kier alpha value is -3.74. The molecule has 8 N–H and O–H groups in total. The van der Waals surface area contributed by atoms with E-state index in [1.54, 1.807) is 6.20 Å². The lowest BCUT2D eigenvalue weighted by Gasteiger charge is -2.12. The predicted molar refractivity (Wildman–Crippen MR) is 113 cm³/mol. The van der Waals surface area contributed by atoms with Crippen LogP contribution in [0.2, 0.25) is 0 Å². The van der Waals surface area contributed by atoms with Crippen LogP contribution in [0.1, 0.15) is 39.5 Å². The predicted octanol–water partition coefficient (Wildman–Crippen LogP) is 0.802. The van der Waals surface area contributed by atoms with E-state index < -0.39 is 23.9 Å². The zero-order valence-corrected chi connectivity index (χ0v) is 17.1. The maximum absolute atomic E-state index is 12.3. The lowest BCUT2D eigenvalue weighted by atomic mass is 10.1. The second kappa shape index (κ2) is 9.38. The largest absolute Gasteiger partial charge is 0.481 e. The molecule has 0 aromatic carbocycles. The van der Waals surface area contributed by atoms with E-state index in [0.717, 1.165) is 33.6 Å². The molecule has 0 fully saturated rings. The van der Waals surface area contributed by atoms with E-state index >= 15 is 0 Å². The number of fused-ring (bicyclic) bond motifs is 1. The van der Waals surface area contributed by atoms with Gasteiger partial charge in [-0.1, -0.05) is 0 Å². The minimum Gasteiger partial charge on any atom is -0.481 e. The molecule has 3 heterocycles. The third kappa shape index (κ3) is 5.45. The number of H-pyrrole nitrogens is 1. The van der Waals surface area contributed by atoms with Crippen LogP contribution >= 0.6 is 11.3 Å². The highest BCUT2D eigenvalue weighted by Gasteiger charge is 2.23. The van der Waals surface area contributed by atoms with Crippen molar-refractivity contribution in [1.29, 1.82) is 0 Å². The number of anilines is 2. The van der Waals surface area contributed by atoms with E-state index in [1.165, 1.54) is 0 Å². The highest BCUT2D eigenvalue weighted by Crippen LogP contribution is 2.24. The molecule has 164 valence electrons.